The largest absolute Gasteiger partial charge is 0.497 e. The van der Waals surface area contributed by atoms with Crippen molar-refractivity contribution in [1.29, 1.82) is 0 Å². The molecule has 8 heteroatoms. The molecule has 27 heavy (non-hydrogen) atoms. The topological polar surface area (TPSA) is 61.8 Å². The maximum atomic E-state index is 5.34. The van der Waals surface area contributed by atoms with Crippen LogP contribution in [0.15, 0.2) is 34.6 Å². The summed E-state index contributed by atoms with van der Waals surface area (Å²) in [5.74, 6) is 1.64. The van der Waals surface area contributed by atoms with Crippen LogP contribution in [-0.4, -0.2) is 45.7 Å². The van der Waals surface area contributed by atoms with Crippen LogP contribution in [0.1, 0.15) is 25.1 Å². The van der Waals surface area contributed by atoms with E-state index in [9.17, 15) is 0 Å². The van der Waals surface area contributed by atoms with Crippen molar-refractivity contribution in [2.75, 3.05) is 39.7 Å². The summed E-state index contributed by atoms with van der Waals surface area (Å²) in [6.07, 6.45) is 0. The van der Waals surface area contributed by atoms with Gasteiger partial charge in [0.15, 0.2) is 11.1 Å². The van der Waals surface area contributed by atoms with Crippen LogP contribution in [0.3, 0.4) is 0 Å². The maximum absolute atomic E-state index is 5.34. The molecule has 2 aromatic rings. The highest BCUT2D eigenvalue weighted by molar-refractivity contribution is 14.0. The van der Waals surface area contributed by atoms with Gasteiger partial charge in [-0.25, -0.2) is 4.98 Å². The van der Waals surface area contributed by atoms with E-state index in [2.05, 4.69) is 52.0 Å². The third-order valence-electron chi connectivity index (χ3n) is 4.13. The Kier molecular flexibility index (Phi) is 9.31. The number of ether oxygens (including phenoxy) is 1. The van der Waals surface area contributed by atoms with E-state index in [1.165, 1.54) is 5.56 Å². The van der Waals surface area contributed by atoms with Gasteiger partial charge in [-0.2, -0.15) is 0 Å². The first kappa shape index (κ1) is 23.5. The zero-order chi connectivity index (χ0) is 19.2. The van der Waals surface area contributed by atoms with Crippen molar-refractivity contribution in [2.24, 2.45) is 4.99 Å². The molecule has 1 heterocycles. The quantitative estimate of drug-likeness (QED) is 0.344. The molecular weight excluding hydrogens is 473 g/mol. The molecule has 150 valence electrons. The molecule has 2 N–H and O–H groups in total. The van der Waals surface area contributed by atoms with Crippen molar-refractivity contribution in [1.82, 2.24) is 15.6 Å². The number of thiazole rings is 1. The van der Waals surface area contributed by atoms with Crippen LogP contribution in [0.2, 0.25) is 0 Å². The number of nitrogens with one attached hydrogen (secondary N) is 2. The lowest BCUT2D eigenvalue weighted by atomic mass is 9.84. The summed E-state index contributed by atoms with van der Waals surface area (Å²) in [4.78, 5) is 10.9. The van der Waals surface area contributed by atoms with Crippen LogP contribution in [0.4, 0.5) is 5.13 Å². The molecule has 0 atom stereocenters. The maximum Gasteiger partial charge on any atom is 0.191 e. The number of halogens is 1. The summed E-state index contributed by atoms with van der Waals surface area (Å²) in [5, 5.41) is 9.80. The Morgan fingerprint density at radius 2 is 2.04 bits per heavy atom. The van der Waals surface area contributed by atoms with Crippen molar-refractivity contribution >= 4 is 46.4 Å². The first-order valence-corrected chi connectivity index (χ1v) is 9.44. The van der Waals surface area contributed by atoms with Gasteiger partial charge in [-0.05, 0) is 17.7 Å². The second-order valence-electron chi connectivity index (χ2n) is 6.91. The Morgan fingerprint density at radius 3 is 2.63 bits per heavy atom. The number of rotatable bonds is 7. The predicted octanol–water partition coefficient (Wildman–Crippen LogP) is 3.48. The fraction of sp³-hybridized carbons (Fsp3) is 0.474. The first-order chi connectivity index (χ1) is 12.4. The summed E-state index contributed by atoms with van der Waals surface area (Å²) in [6, 6.07) is 8.19. The van der Waals surface area contributed by atoms with E-state index in [-0.39, 0.29) is 29.4 Å². The average Bonchev–Trinajstić information content (AvgIpc) is 3.11. The molecule has 2 rings (SSSR count). The number of methoxy groups -OCH3 is 1. The van der Waals surface area contributed by atoms with Gasteiger partial charge in [0.1, 0.15) is 5.75 Å². The Morgan fingerprint density at radius 1 is 1.30 bits per heavy atom. The zero-order valence-corrected chi connectivity index (χ0v) is 20.0. The average molecular weight is 503 g/mol. The van der Waals surface area contributed by atoms with Gasteiger partial charge in [-0.15, -0.1) is 35.3 Å². The lowest BCUT2D eigenvalue weighted by molar-refractivity contribution is 0.411. The molecule has 0 saturated carbocycles. The van der Waals surface area contributed by atoms with Gasteiger partial charge in [-0.3, -0.25) is 4.99 Å². The second kappa shape index (κ2) is 10.7. The number of nitrogens with zero attached hydrogens (tertiary/aromatic N) is 3. The number of hydrogen-bond acceptors (Lipinski definition) is 5. The Hall–Kier alpha value is -1.55. The summed E-state index contributed by atoms with van der Waals surface area (Å²) < 4.78 is 5.34. The summed E-state index contributed by atoms with van der Waals surface area (Å²) in [5.41, 5.74) is 2.16. The number of aliphatic imine (C=N–C) groups is 1. The van der Waals surface area contributed by atoms with E-state index in [1.807, 2.05) is 31.1 Å². The van der Waals surface area contributed by atoms with Gasteiger partial charge in [0.2, 0.25) is 0 Å². The lowest BCUT2D eigenvalue weighted by Crippen LogP contribution is -2.43. The molecule has 1 aromatic heterocycles. The third-order valence-corrected chi connectivity index (χ3v) is 5.19. The lowest BCUT2D eigenvalue weighted by Gasteiger charge is -2.27. The van der Waals surface area contributed by atoms with E-state index in [4.69, 9.17) is 4.74 Å². The van der Waals surface area contributed by atoms with E-state index in [0.29, 0.717) is 6.54 Å². The van der Waals surface area contributed by atoms with Crippen LogP contribution in [0.25, 0.3) is 0 Å². The molecule has 0 bridgehead atoms. The van der Waals surface area contributed by atoms with E-state index < -0.39 is 0 Å². The molecule has 0 aliphatic carbocycles. The van der Waals surface area contributed by atoms with Crippen LogP contribution < -0.4 is 20.3 Å². The Labute approximate surface area is 183 Å². The highest BCUT2D eigenvalue weighted by Gasteiger charge is 2.21. The van der Waals surface area contributed by atoms with Gasteiger partial charge >= 0.3 is 0 Å². The van der Waals surface area contributed by atoms with Crippen molar-refractivity contribution in [3.05, 3.63) is 40.9 Å². The van der Waals surface area contributed by atoms with Crippen LogP contribution >= 0.6 is 35.3 Å². The molecule has 0 spiro atoms. The number of aromatic nitrogens is 1. The molecule has 1 aromatic carbocycles. The van der Waals surface area contributed by atoms with Crippen molar-refractivity contribution in [3.63, 3.8) is 0 Å². The van der Waals surface area contributed by atoms with E-state index >= 15 is 0 Å². The molecule has 0 aliphatic heterocycles. The van der Waals surface area contributed by atoms with E-state index in [0.717, 1.165) is 29.1 Å². The minimum absolute atomic E-state index is 0. The van der Waals surface area contributed by atoms with Gasteiger partial charge in [0.25, 0.3) is 0 Å². The van der Waals surface area contributed by atoms with Gasteiger partial charge in [0.05, 0.1) is 19.3 Å². The van der Waals surface area contributed by atoms with Gasteiger partial charge in [-0.1, -0.05) is 26.0 Å². The standard InChI is InChI=1S/C19H29N5OS.HI/c1-19(2,14-8-7-9-16(10-14)25-6)13-22-17(20-3)21-11-15-12-26-18(23-15)24(4)5;/h7-10,12H,11,13H2,1-6H3,(H2,20,21,22);1H. The van der Waals surface area contributed by atoms with Gasteiger partial charge < -0.3 is 20.3 Å². The van der Waals surface area contributed by atoms with Crippen LogP contribution in [0, 0.1) is 0 Å². The van der Waals surface area contributed by atoms with E-state index in [1.54, 1.807) is 25.5 Å². The molecule has 6 nitrogen and oxygen atoms in total. The molecule has 0 radical (unpaired) electrons. The van der Waals surface area contributed by atoms with Crippen LogP contribution in [0.5, 0.6) is 5.75 Å². The number of hydrogen-bond donors (Lipinski definition) is 2. The Balaban J connectivity index is 0.00000364. The number of guanidine groups is 1. The van der Waals surface area contributed by atoms with Crippen molar-refractivity contribution < 1.29 is 4.74 Å². The fourth-order valence-electron chi connectivity index (χ4n) is 2.43. The molecule has 0 unspecified atom stereocenters. The smallest absolute Gasteiger partial charge is 0.191 e. The fourth-order valence-corrected chi connectivity index (χ4v) is 3.19. The number of anilines is 1. The van der Waals surface area contributed by atoms with Crippen molar-refractivity contribution in [2.45, 2.75) is 25.8 Å². The monoisotopic (exact) mass is 503 g/mol. The SMILES string of the molecule is CN=C(NCc1csc(N(C)C)n1)NCC(C)(C)c1cccc(OC)c1.I. The molecule has 0 saturated heterocycles. The zero-order valence-electron chi connectivity index (χ0n) is 16.9. The Bertz CT molecular complexity index is 745. The highest BCUT2D eigenvalue weighted by Crippen LogP contribution is 2.25. The summed E-state index contributed by atoms with van der Waals surface area (Å²) >= 11 is 1.64. The molecule has 0 amide bonds. The first-order valence-electron chi connectivity index (χ1n) is 8.56. The minimum atomic E-state index is -0.0646. The highest BCUT2D eigenvalue weighted by atomic mass is 127. The second-order valence-corrected chi connectivity index (χ2v) is 7.75. The number of benzene rings is 1. The summed E-state index contributed by atoms with van der Waals surface area (Å²) in [6.45, 7) is 5.79. The molecular formula is C19H30IN5OS. The normalized spacial score (nSPS) is 11.6. The third kappa shape index (κ3) is 6.84. The van der Waals surface area contributed by atoms with Gasteiger partial charge in [0, 0.05) is 38.5 Å². The minimum Gasteiger partial charge on any atom is -0.497 e. The predicted molar refractivity (Wildman–Crippen MR) is 126 cm³/mol. The van der Waals surface area contributed by atoms with Crippen LogP contribution in [-0.2, 0) is 12.0 Å². The molecule has 0 aliphatic rings. The summed E-state index contributed by atoms with van der Waals surface area (Å²) in [7, 11) is 7.46. The van der Waals surface area contributed by atoms with Crippen molar-refractivity contribution in [3.8, 4) is 5.75 Å². The molecule has 0 fully saturated rings.